The first-order chi connectivity index (χ1) is 13.3. The van der Waals surface area contributed by atoms with Crippen LogP contribution in [-0.4, -0.2) is 31.4 Å². The van der Waals surface area contributed by atoms with E-state index >= 15 is 0 Å². The third-order valence-electron chi connectivity index (χ3n) is 4.02. The second-order valence-electron chi connectivity index (χ2n) is 6.24. The Morgan fingerprint density at radius 3 is 2.82 bits per heavy atom. The van der Waals surface area contributed by atoms with Gasteiger partial charge in [-0.2, -0.15) is 0 Å². The number of hydrogen-bond donors (Lipinski definition) is 2. The van der Waals surface area contributed by atoms with Gasteiger partial charge in [-0.1, -0.05) is 23.9 Å². The van der Waals surface area contributed by atoms with Crippen LogP contribution in [-0.2, 0) is 18.3 Å². The lowest BCUT2D eigenvalue weighted by Crippen LogP contribution is -2.36. The Balaban J connectivity index is 1.62. The predicted molar refractivity (Wildman–Crippen MR) is 105 cm³/mol. The van der Waals surface area contributed by atoms with Crippen LogP contribution in [0.2, 0.25) is 0 Å². The van der Waals surface area contributed by atoms with Crippen LogP contribution in [0.4, 0.5) is 5.69 Å². The van der Waals surface area contributed by atoms with E-state index < -0.39 is 11.2 Å². The van der Waals surface area contributed by atoms with Gasteiger partial charge in [0, 0.05) is 24.0 Å². The van der Waals surface area contributed by atoms with Crippen LogP contribution in [0.1, 0.15) is 22.7 Å². The zero-order valence-electron chi connectivity index (χ0n) is 15.6. The highest BCUT2D eigenvalue weighted by Crippen LogP contribution is 2.18. The highest BCUT2D eigenvalue weighted by Gasteiger charge is 2.15. The third kappa shape index (κ3) is 4.58. The normalized spacial score (nSPS) is 10.8. The van der Waals surface area contributed by atoms with Gasteiger partial charge in [-0.15, -0.1) is 10.2 Å². The van der Waals surface area contributed by atoms with Gasteiger partial charge in [0.15, 0.2) is 0 Å². The van der Waals surface area contributed by atoms with Crippen LogP contribution in [0.25, 0.3) is 0 Å². The van der Waals surface area contributed by atoms with Crippen LogP contribution in [0, 0.1) is 13.8 Å². The minimum Gasteiger partial charge on any atom is -0.416 e. The Kier molecular flexibility index (Phi) is 5.78. The van der Waals surface area contributed by atoms with Crippen molar-refractivity contribution in [3.63, 3.8) is 0 Å². The van der Waals surface area contributed by atoms with Gasteiger partial charge >= 0.3 is 5.69 Å². The van der Waals surface area contributed by atoms with Gasteiger partial charge in [-0.25, -0.2) is 4.79 Å². The number of carbonyl (C=O) groups excluding carboxylic acids is 1. The zero-order valence-corrected chi connectivity index (χ0v) is 16.4. The molecule has 1 amide bonds. The predicted octanol–water partition coefficient (Wildman–Crippen LogP) is 1.40. The molecule has 0 saturated carbocycles. The molecule has 10 heteroatoms. The van der Waals surface area contributed by atoms with Gasteiger partial charge in [0.05, 0.1) is 12.2 Å². The number of aromatic amines is 1. The molecule has 0 radical (unpaired) electrons. The van der Waals surface area contributed by atoms with Crippen molar-refractivity contribution in [3.8, 4) is 0 Å². The monoisotopic (exact) mass is 401 g/mol. The molecule has 0 saturated heterocycles. The van der Waals surface area contributed by atoms with Gasteiger partial charge in [-0.05, 0) is 31.5 Å². The topological polar surface area (TPSA) is 123 Å². The van der Waals surface area contributed by atoms with E-state index in [9.17, 15) is 14.4 Å². The number of amides is 1. The van der Waals surface area contributed by atoms with Gasteiger partial charge < -0.3 is 14.7 Å². The summed E-state index contributed by atoms with van der Waals surface area (Å²) in [6.45, 7) is 3.58. The fourth-order valence-electron chi connectivity index (χ4n) is 2.55. The second-order valence-corrected chi connectivity index (χ2v) is 7.17. The summed E-state index contributed by atoms with van der Waals surface area (Å²) in [7, 11) is 1.39. The number of thioether (sulfide) groups is 1. The number of anilines is 1. The lowest BCUT2D eigenvalue weighted by Gasteiger charge is -2.05. The number of aromatic nitrogens is 4. The van der Waals surface area contributed by atoms with E-state index in [-0.39, 0.29) is 29.2 Å². The standard InChI is InChI=1S/C18H19N5O4S/c1-10-5-4-6-12(7-10)20-14(24)9-28-18-22-21-15(27-18)8-13-11(2)19-17(26)23(3)16(13)25/h4-7H,8-9H2,1-3H3,(H,19,26)(H,20,24). The summed E-state index contributed by atoms with van der Waals surface area (Å²) >= 11 is 1.10. The summed E-state index contributed by atoms with van der Waals surface area (Å²) in [4.78, 5) is 38.5. The first kappa shape index (κ1) is 19.6. The Labute approximate surface area is 164 Å². The number of benzene rings is 1. The molecule has 2 heterocycles. The highest BCUT2D eigenvalue weighted by molar-refractivity contribution is 7.99. The smallest absolute Gasteiger partial charge is 0.328 e. The summed E-state index contributed by atoms with van der Waals surface area (Å²) in [5.74, 6) is 0.143. The molecular formula is C18H19N5O4S. The van der Waals surface area contributed by atoms with E-state index in [0.717, 1.165) is 27.6 Å². The molecule has 9 nitrogen and oxygen atoms in total. The maximum atomic E-state index is 12.2. The lowest BCUT2D eigenvalue weighted by atomic mass is 10.2. The largest absolute Gasteiger partial charge is 0.416 e. The summed E-state index contributed by atoms with van der Waals surface area (Å²) < 4.78 is 6.50. The van der Waals surface area contributed by atoms with Crippen molar-refractivity contribution in [1.82, 2.24) is 19.7 Å². The average molecular weight is 401 g/mol. The van der Waals surface area contributed by atoms with Crippen LogP contribution in [0.5, 0.6) is 0 Å². The van der Waals surface area contributed by atoms with E-state index in [4.69, 9.17) is 4.42 Å². The van der Waals surface area contributed by atoms with Gasteiger partial charge in [0.2, 0.25) is 11.8 Å². The fraction of sp³-hybridized carbons (Fsp3) is 0.278. The van der Waals surface area contributed by atoms with E-state index in [2.05, 4.69) is 20.5 Å². The van der Waals surface area contributed by atoms with Crippen molar-refractivity contribution in [2.45, 2.75) is 25.5 Å². The lowest BCUT2D eigenvalue weighted by molar-refractivity contribution is -0.113. The maximum Gasteiger partial charge on any atom is 0.328 e. The molecule has 2 N–H and O–H groups in total. The molecule has 0 aliphatic rings. The highest BCUT2D eigenvalue weighted by atomic mass is 32.2. The van der Waals surface area contributed by atoms with Crippen molar-refractivity contribution in [3.05, 3.63) is 67.8 Å². The quantitative estimate of drug-likeness (QED) is 0.598. The van der Waals surface area contributed by atoms with Crippen molar-refractivity contribution in [2.75, 3.05) is 11.1 Å². The fourth-order valence-corrected chi connectivity index (χ4v) is 3.13. The first-order valence-electron chi connectivity index (χ1n) is 8.44. The Bertz CT molecular complexity index is 1130. The molecule has 0 fully saturated rings. The molecule has 2 aromatic heterocycles. The molecule has 0 bridgehead atoms. The van der Waals surface area contributed by atoms with Gasteiger partial charge in [-0.3, -0.25) is 14.2 Å². The number of rotatable bonds is 6. The molecule has 3 aromatic rings. The molecule has 0 spiro atoms. The van der Waals surface area contributed by atoms with Gasteiger partial charge in [0.1, 0.15) is 0 Å². The van der Waals surface area contributed by atoms with E-state index in [1.165, 1.54) is 7.05 Å². The SMILES string of the molecule is Cc1cccc(NC(=O)CSc2nnc(Cc3c(C)[nH]c(=O)n(C)c3=O)o2)c1. The van der Waals surface area contributed by atoms with Crippen molar-refractivity contribution >= 4 is 23.4 Å². The molecule has 0 aliphatic carbocycles. The summed E-state index contributed by atoms with van der Waals surface area (Å²) in [6, 6.07) is 7.50. The third-order valence-corrected chi connectivity index (χ3v) is 4.84. The molecule has 0 unspecified atom stereocenters. The Morgan fingerprint density at radius 2 is 2.07 bits per heavy atom. The molecular weight excluding hydrogens is 382 g/mol. The van der Waals surface area contributed by atoms with Gasteiger partial charge in [0.25, 0.3) is 10.8 Å². The minimum absolute atomic E-state index is 0.0956. The molecule has 3 rings (SSSR count). The van der Waals surface area contributed by atoms with Crippen LogP contribution >= 0.6 is 11.8 Å². The number of hydrogen-bond acceptors (Lipinski definition) is 7. The first-order valence-corrected chi connectivity index (χ1v) is 9.42. The van der Waals surface area contributed by atoms with Crippen molar-refractivity contribution in [1.29, 1.82) is 0 Å². The second kappa shape index (κ2) is 8.26. The number of nitrogens with one attached hydrogen (secondary N) is 2. The molecule has 146 valence electrons. The number of nitrogens with zero attached hydrogens (tertiary/aromatic N) is 3. The number of H-pyrrole nitrogens is 1. The summed E-state index contributed by atoms with van der Waals surface area (Å²) in [5.41, 5.74) is 1.72. The minimum atomic E-state index is -0.479. The number of carbonyl (C=O) groups is 1. The molecule has 1 aromatic carbocycles. The molecule has 28 heavy (non-hydrogen) atoms. The number of aryl methyl sites for hydroxylation is 2. The molecule has 0 atom stereocenters. The van der Waals surface area contributed by atoms with Crippen LogP contribution in [0.15, 0.2) is 43.5 Å². The van der Waals surface area contributed by atoms with E-state index in [1.807, 2.05) is 31.2 Å². The average Bonchev–Trinajstić information content (AvgIpc) is 3.09. The van der Waals surface area contributed by atoms with E-state index in [0.29, 0.717) is 11.3 Å². The molecule has 0 aliphatic heterocycles. The maximum absolute atomic E-state index is 12.2. The summed E-state index contributed by atoms with van der Waals surface area (Å²) in [6.07, 6.45) is 0.0956. The van der Waals surface area contributed by atoms with Crippen LogP contribution < -0.4 is 16.6 Å². The Morgan fingerprint density at radius 1 is 1.29 bits per heavy atom. The van der Waals surface area contributed by atoms with Crippen LogP contribution in [0.3, 0.4) is 0 Å². The van der Waals surface area contributed by atoms with Crippen molar-refractivity contribution < 1.29 is 9.21 Å². The Hall–Kier alpha value is -3.14. The van der Waals surface area contributed by atoms with Crippen molar-refractivity contribution in [2.24, 2.45) is 7.05 Å². The zero-order chi connectivity index (χ0) is 20.3. The summed E-state index contributed by atoms with van der Waals surface area (Å²) in [5, 5.41) is 10.8. The van der Waals surface area contributed by atoms with E-state index in [1.54, 1.807) is 6.92 Å².